The van der Waals surface area contributed by atoms with Gasteiger partial charge in [0.05, 0.1) is 6.42 Å². The van der Waals surface area contributed by atoms with Crippen LogP contribution in [0.4, 0.5) is 4.39 Å². The molecule has 0 aliphatic heterocycles. The highest BCUT2D eigenvalue weighted by Gasteiger charge is 2.28. The van der Waals surface area contributed by atoms with E-state index in [2.05, 4.69) is 5.32 Å². The van der Waals surface area contributed by atoms with Crippen LogP contribution in [-0.4, -0.2) is 28.3 Å². The van der Waals surface area contributed by atoms with E-state index in [0.717, 1.165) is 5.56 Å². The SMILES string of the molecule is C[C@H](C(=O)NC(C)(C)C)N(Cc1ccccc1)C(=O)Cc1ccc(F)cc1. The van der Waals surface area contributed by atoms with E-state index in [1.54, 1.807) is 24.0 Å². The first-order valence-corrected chi connectivity index (χ1v) is 9.05. The summed E-state index contributed by atoms with van der Waals surface area (Å²) in [6, 6.07) is 14.8. The molecule has 0 saturated carbocycles. The number of carbonyl (C=O) groups is 2. The molecule has 0 unspecified atom stereocenters. The lowest BCUT2D eigenvalue weighted by Crippen LogP contribution is -2.52. The van der Waals surface area contributed by atoms with Crippen LogP contribution in [0.2, 0.25) is 0 Å². The number of rotatable bonds is 6. The van der Waals surface area contributed by atoms with Gasteiger partial charge in [0.15, 0.2) is 0 Å². The van der Waals surface area contributed by atoms with Crippen LogP contribution in [0.15, 0.2) is 54.6 Å². The largest absolute Gasteiger partial charge is 0.350 e. The lowest BCUT2D eigenvalue weighted by atomic mass is 10.1. The molecular weight excluding hydrogens is 343 g/mol. The van der Waals surface area contributed by atoms with Gasteiger partial charge in [0.25, 0.3) is 0 Å². The molecule has 2 aromatic rings. The molecule has 4 nitrogen and oxygen atoms in total. The second-order valence-corrected chi connectivity index (χ2v) is 7.73. The van der Waals surface area contributed by atoms with Gasteiger partial charge in [0.1, 0.15) is 11.9 Å². The number of nitrogens with one attached hydrogen (secondary N) is 1. The average Bonchev–Trinajstić information content (AvgIpc) is 2.60. The maximum atomic E-state index is 13.1. The minimum atomic E-state index is -0.627. The Hall–Kier alpha value is -2.69. The molecule has 1 N–H and O–H groups in total. The molecule has 0 aliphatic rings. The summed E-state index contributed by atoms with van der Waals surface area (Å²) in [6.07, 6.45) is 0.111. The van der Waals surface area contributed by atoms with Crippen molar-refractivity contribution in [3.05, 3.63) is 71.5 Å². The van der Waals surface area contributed by atoms with Gasteiger partial charge in [-0.3, -0.25) is 9.59 Å². The molecule has 0 radical (unpaired) electrons. The van der Waals surface area contributed by atoms with Crippen molar-refractivity contribution in [3.8, 4) is 0 Å². The lowest BCUT2D eigenvalue weighted by molar-refractivity contribution is -0.140. The highest BCUT2D eigenvalue weighted by atomic mass is 19.1. The second-order valence-electron chi connectivity index (χ2n) is 7.73. The van der Waals surface area contributed by atoms with E-state index in [0.29, 0.717) is 12.1 Å². The molecule has 1 atom stereocenters. The van der Waals surface area contributed by atoms with E-state index in [9.17, 15) is 14.0 Å². The zero-order valence-electron chi connectivity index (χ0n) is 16.3. The predicted octanol–water partition coefficient (Wildman–Crippen LogP) is 3.70. The fourth-order valence-corrected chi connectivity index (χ4v) is 2.72. The molecule has 0 spiro atoms. The Labute approximate surface area is 160 Å². The predicted molar refractivity (Wildman–Crippen MR) is 104 cm³/mol. The van der Waals surface area contributed by atoms with Gasteiger partial charge in [-0.15, -0.1) is 0 Å². The molecule has 5 heteroatoms. The van der Waals surface area contributed by atoms with Gasteiger partial charge < -0.3 is 10.2 Å². The Balaban J connectivity index is 2.21. The Bertz CT molecular complexity index is 767. The van der Waals surface area contributed by atoms with Crippen LogP contribution in [-0.2, 0) is 22.6 Å². The zero-order valence-corrected chi connectivity index (χ0v) is 16.3. The molecule has 0 fully saturated rings. The van der Waals surface area contributed by atoms with Crippen molar-refractivity contribution in [2.45, 2.75) is 52.2 Å². The van der Waals surface area contributed by atoms with Crippen molar-refractivity contribution < 1.29 is 14.0 Å². The molecule has 0 bridgehead atoms. The van der Waals surface area contributed by atoms with Crippen molar-refractivity contribution in [2.24, 2.45) is 0 Å². The summed E-state index contributed by atoms with van der Waals surface area (Å²) in [6.45, 7) is 7.77. The van der Waals surface area contributed by atoms with Crippen molar-refractivity contribution >= 4 is 11.8 Å². The first-order valence-electron chi connectivity index (χ1n) is 9.05. The molecule has 0 aliphatic carbocycles. The van der Waals surface area contributed by atoms with Gasteiger partial charge in [-0.1, -0.05) is 42.5 Å². The highest BCUT2D eigenvalue weighted by molar-refractivity contribution is 5.88. The molecule has 27 heavy (non-hydrogen) atoms. The third-order valence-electron chi connectivity index (χ3n) is 4.13. The highest BCUT2D eigenvalue weighted by Crippen LogP contribution is 2.14. The fourth-order valence-electron chi connectivity index (χ4n) is 2.72. The number of hydrogen-bond donors (Lipinski definition) is 1. The molecule has 2 amide bonds. The summed E-state index contributed by atoms with van der Waals surface area (Å²) in [5.74, 6) is -0.724. The van der Waals surface area contributed by atoms with Gasteiger partial charge in [-0.2, -0.15) is 0 Å². The molecule has 0 aromatic heterocycles. The number of halogens is 1. The summed E-state index contributed by atoms with van der Waals surface area (Å²) in [4.78, 5) is 27.2. The number of nitrogens with zero attached hydrogens (tertiary/aromatic N) is 1. The molecule has 0 saturated heterocycles. The Kier molecular flexibility index (Phi) is 6.72. The average molecular weight is 370 g/mol. The van der Waals surface area contributed by atoms with Gasteiger partial charge >= 0.3 is 0 Å². The van der Waals surface area contributed by atoms with Crippen LogP contribution in [0.3, 0.4) is 0 Å². The molecule has 2 aromatic carbocycles. The standard InChI is InChI=1S/C22H27FN2O2/c1-16(21(27)24-22(2,3)4)25(15-18-8-6-5-7-9-18)20(26)14-17-10-12-19(23)13-11-17/h5-13,16H,14-15H2,1-4H3,(H,24,27)/t16-/m1/s1. The minimum Gasteiger partial charge on any atom is -0.350 e. The van der Waals surface area contributed by atoms with Crippen molar-refractivity contribution in [1.29, 1.82) is 0 Å². The van der Waals surface area contributed by atoms with Gasteiger partial charge in [-0.25, -0.2) is 4.39 Å². The Morgan fingerprint density at radius 2 is 1.59 bits per heavy atom. The number of carbonyl (C=O) groups excluding carboxylic acids is 2. The maximum absolute atomic E-state index is 13.1. The summed E-state index contributed by atoms with van der Waals surface area (Å²) in [5.41, 5.74) is 1.27. The summed E-state index contributed by atoms with van der Waals surface area (Å²) in [7, 11) is 0. The topological polar surface area (TPSA) is 49.4 Å². The van der Waals surface area contributed by atoms with E-state index >= 15 is 0 Å². The van der Waals surface area contributed by atoms with E-state index in [4.69, 9.17) is 0 Å². The molecule has 0 heterocycles. The first-order chi connectivity index (χ1) is 12.7. The first kappa shape index (κ1) is 20.6. The number of hydrogen-bond acceptors (Lipinski definition) is 2. The van der Waals surface area contributed by atoms with Gasteiger partial charge in [0.2, 0.25) is 11.8 Å². The molecule has 144 valence electrons. The number of amides is 2. The third kappa shape index (κ3) is 6.51. The van der Waals surface area contributed by atoms with Crippen molar-refractivity contribution in [2.75, 3.05) is 0 Å². The van der Waals surface area contributed by atoms with Crippen LogP contribution in [0, 0.1) is 5.82 Å². The smallest absolute Gasteiger partial charge is 0.242 e. The van der Waals surface area contributed by atoms with E-state index < -0.39 is 6.04 Å². The van der Waals surface area contributed by atoms with Crippen molar-refractivity contribution in [3.63, 3.8) is 0 Å². The van der Waals surface area contributed by atoms with Crippen molar-refractivity contribution in [1.82, 2.24) is 10.2 Å². The summed E-state index contributed by atoms with van der Waals surface area (Å²) < 4.78 is 13.1. The van der Waals surface area contributed by atoms with Crippen LogP contribution in [0.1, 0.15) is 38.8 Å². The normalized spacial score (nSPS) is 12.3. The van der Waals surface area contributed by atoms with E-state index in [1.807, 2.05) is 51.1 Å². The maximum Gasteiger partial charge on any atom is 0.242 e. The Morgan fingerprint density at radius 3 is 2.15 bits per heavy atom. The van der Waals surface area contributed by atoms with Crippen LogP contribution >= 0.6 is 0 Å². The number of benzene rings is 2. The second kappa shape index (κ2) is 8.80. The molecular formula is C22H27FN2O2. The van der Waals surface area contributed by atoms with Crippen LogP contribution < -0.4 is 5.32 Å². The fraction of sp³-hybridized carbons (Fsp3) is 0.364. The van der Waals surface area contributed by atoms with Crippen LogP contribution in [0.25, 0.3) is 0 Å². The van der Waals surface area contributed by atoms with Crippen LogP contribution in [0.5, 0.6) is 0 Å². The minimum absolute atomic E-state index is 0.111. The van der Waals surface area contributed by atoms with Gasteiger partial charge in [0, 0.05) is 12.1 Å². The quantitative estimate of drug-likeness (QED) is 0.843. The summed E-state index contributed by atoms with van der Waals surface area (Å²) >= 11 is 0. The lowest BCUT2D eigenvalue weighted by Gasteiger charge is -2.31. The Morgan fingerprint density at radius 1 is 1.00 bits per heavy atom. The summed E-state index contributed by atoms with van der Waals surface area (Å²) in [5, 5.41) is 2.93. The van der Waals surface area contributed by atoms with E-state index in [-0.39, 0.29) is 29.6 Å². The third-order valence-corrected chi connectivity index (χ3v) is 4.13. The van der Waals surface area contributed by atoms with E-state index in [1.165, 1.54) is 12.1 Å². The zero-order chi connectivity index (χ0) is 20.0. The van der Waals surface area contributed by atoms with Gasteiger partial charge in [-0.05, 0) is 51.0 Å². The molecule has 2 rings (SSSR count). The monoisotopic (exact) mass is 370 g/mol.